The monoisotopic (exact) mass is 514 g/mol. The highest BCUT2D eigenvalue weighted by Crippen LogP contribution is 2.24. The molecule has 2 aromatic rings. The average molecular weight is 515 g/mol. The van der Waals surface area contributed by atoms with Gasteiger partial charge in [-0.05, 0) is 24.0 Å². The smallest absolute Gasteiger partial charge is 0.253 e. The summed E-state index contributed by atoms with van der Waals surface area (Å²) in [5, 5.41) is 5.82. The number of piperidine rings is 1. The minimum absolute atomic E-state index is 0. The molecule has 3 atom stereocenters. The van der Waals surface area contributed by atoms with Gasteiger partial charge >= 0.3 is 0 Å². The summed E-state index contributed by atoms with van der Waals surface area (Å²) in [7, 11) is 3.31. The molecule has 0 spiro atoms. The van der Waals surface area contributed by atoms with Crippen LogP contribution in [-0.2, 0) is 32.1 Å². The molecule has 36 heavy (non-hydrogen) atoms. The molecule has 2 fully saturated rings. The van der Waals surface area contributed by atoms with E-state index in [9.17, 15) is 14.4 Å². The lowest BCUT2D eigenvalue weighted by atomic mass is 10.0. The highest BCUT2D eigenvalue weighted by Gasteiger charge is 2.51. The zero-order chi connectivity index (χ0) is 24.8. The number of amides is 3. The lowest BCUT2D eigenvalue weighted by Gasteiger charge is -2.32. The summed E-state index contributed by atoms with van der Waals surface area (Å²) in [5.41, 5.74) is 2.23. The Morgan fingerprint density at radius 2 is 1.47 bits per heavy atom. The summed E-state index contributed by atoms with van der Waals surface area (Å²) in [4.78, 5) is 41.9. The standard InChI is InChI=1S/C27H34N4O4.ClH/c1-30(2)27(34)22(17-19-9-5-3-6-10-19)29-26(33)24-23(35-24)25(32)28-21-13-15-31(16-14-21)18-20-11-7-4-8-12-20;/h3-12,21-24H,13-18H2,1-2H3,(H,28,32)(H,29,33);1H/t22-,23?,24?;/m0./s1. The first-order valence-corrected chi connectivity index (χ1v) is 12.2. The number of nitrogens with one attached hydrogen (secondary N) is 2. The summed E-state index contributed by atoms with van der Waals surface area (Å²) in [6.45, 7) is 2.72. The molecule has 2 aliphatic heterocycles. The molecular formula is C27H35ClN4O4. The Kier molecular flexibility index (Phi) is 9.87. The van der Waals surface area contributed by atoms with Gasteiger partial charge in [0.05, 0.1) is 0 Å². The van der Waals surface area contributed by atoms with E-state index in [1.807, 2.05) is 48.5 Å². The molecule has 0 saturated carbocycles. The van der Waals surface area contributed by atoms with Crippen LogP contribution in [0, 0.1) is 0 Å². The molecule has 2 aromatic carbocycles. The molecule has 0 aliphatic carbocycles. The van der Waals surface area contributed by atoms with Crippen LogP contribution in [0.3, 0.4) is 0 Å². The number of nitrogens with zero attached hydrogens (tertiary/aromatic N) is 2. The van der Waals surface area contributed by atoms with Crippen LogP contribution in [-0.4, -0.2) is 79.0 Å². The molecule has 2 saturated heterocycles. The number of halogens is 1. The van der Waals surface area contributed by atoms with Crippen molar-refractivity contribution in [3.05, 3.63) is 71.8 Å². The van der Waals surface area contributed by atoms with Crippen molar-refractivity contribution in [3.63, 3.8) is 0 Å². The van der Waals surface area contributed by atoms with Crippen molar-refractivity contribution in [1.29, 1.82) is 0 Å². The Labute approximate surface area is 218 Å². The van der Waals surface area contributed by atoms with Gasteiger partial charge in [-0.15, -0.1) is 12.4 Å². The van der Waals surface area contributed by atoms with E-state index in [0.29, 0.717) is 6.42 Å². The molecule has 2 heterocycles. The second-order valence-corrected chi connectivity index (χ2v) is 9.51. The Morgan fingerprint density at radius 3 is 2.06 bits per heavy atom. The first kappa shape index (κ1) is 27.6. The zero-order valence-electron chi connectivity index (χ0n) is 20.8. The first-order valence-electron chi connectivity index (χ1n) is 12.2. The van der Waals surface area contributed by atoms with Gasteiger partial charge in [0.2, 0.25) is 5.91 Å². The zero-order valence-corrected chi connectivity index (χ0v) is 21.6. The predicted octanol–water partition coefficient (Wildman–Crippen LogP) is 1.77. The lowest BCUT2D eigenvalue weighted by Crippen LogP contribution is -2.50. The third-order valence-corrected chi connectivity index (χ3v) is 6.53. The number of epoxide rings is 1. The maximum Gasteiger partial charge on any atom is 0.253 e. The third kappa shape index (κ3) is 7.53. The lowest BCUT2D eigenvalue weighted by molar-refractivity contribution is -0.134. The van der Waals surface area contributed by atoms with Crippen LogP contribution in [0.5, 0.6) is 0 Å². The Bertz CT molecular complexity index is 1010. The van der Waals surface area contributed by atoms with Gasteiger partial charge in [0, 0.05) is 46.2 Å². The maximum atomic E-state index is 12.8. The van der Waals surface area contributed by atoms with Crippen molar-refractivity contribution in [2.45, 2.75) is 50.1 Å². The quantitative estimate of drug-likeness (QED) is 0.497. The summed E-state index contributed by atoms with van der Waals surface area (Å²) in [6, 6.07) is 19.2. The predicted molar refractivity (Wildman–Crippen MR) is 140 cm³/mol. The van der Waals surface area contributed by atoms with Crippen LogP contribution < -0.4 is 10.6 Å². The van der Waals surface area contributed by atoms with E-state index in [1.54, 1.807) is 14.1 Å². The summed E-state index contributed by atoms with van der Waals surface area (Å²) >= 11 is 0. The van der Waals surface area contributed by atoms with Gasteiger partial charge < -0.3 is 20.3 Å². The number of ether oxygens (including phenoxy) is 1. The number of benzene rings is 2. The van der Waals surface area contributed by atoms with Crippen molar-refractivity contribution in [3.8, 4) is 0 Å². The molecule has 194 valence electrons. The number of rotatable bonds is 9. The van der Waals surface area contributed by atoms with Gasteiger partial charge in [-0.2, -0.15) is 0 Å². The third-order valence-electron chi connectivity index (χ3n) is 6.53. The van der Waals surface area contributed by atoms with E-state index in [-0.39, 0.29) is 30.3 Å². The minimum atomic E-state index is -0.860. The fourth-order valence-electron chi connectivity index (χ4n) is 4.49. The molecule has 2 N–H and O–H groups in total. The van der Waals surface area contributed by atoms with Crippen molar-refractivity contribution >= 4 is 30.1 Å². The number of carbonyl (C=O) groups is 3. The first-order chi connectivity index (χ1) is 16.9. The second kappa shape index (κ2) is 12.9. The Balaban J connectivity index is 0.00000361. The van der Waals surface area contributed by atoms with Crippen LogP contribution >= 0.6 is 12.4 Å². The number of hydrogen-bond acceptors (Lipinski definition) is 5. The van der Waals surface area contributed by atoms with E-state index >= 15 is 0 Å². The summed E-state index contributed by atoms with van der Waals surface area (Å²) < 4.78 is 5.41. The largest absolute Gasteiger partial charge is 0.351 e. The van der Waals surface area contributed by atoms with Gasteiger partial charge in [0.1, 0.15) is 6.04 Å². The highest BCUT2D eigenvalue weighted by molar-refractivity contribution is 5.97. The van der Waals surface area contributed by atoms with Crippen molar-refractivity contribution in [1.82, 2.24) is 20.4 Å². The summed E-state index contributed by atoms with van der Waals surface area (Å²) in [6.07, 6.45) is 0.428. The van der Waals surface area contributed by atoms with E-state index in [1.165, 1.54) is 10.5 Å². The van der Waals surface area contributed by atoms with E-state index in [4.69, 9.17) is 4.74 Å². The molecule has 0 bridgehead atoms. The molecule has 0 radical (unpaired) electrons. The number of hydrogen-bond donors (Lipinski definition) is 2. The van der Waals surface area contributed by atoms with Crippen LogP contribution in [0.15, 0.2) is 60.7 Å². The minimum Gasteiger partial charge on any atom is -0.351 e. The van der Waals surface area contributed by atoms with Gasteiger partial charge in [-0.1, -0.05) is 60.7 Å². The van der Waals surface area contributed by atoms with E-state index in [2.05, 4.69) is 27.7 Å². The molecule has 2 unspecified atom stereocenters. The normalized spacial score (nSPS) is 20.5. The topological polar surface area (TPSA) is 94.3 Å². The SMILES string of the molecule is CN(C)C(=O)[C@H](Cc1ccccc1)NC(=O)C1OC1C(=O)NC1CCN(Cc2ccccc2)CC1.Cl. The number of carbonyl (C=O) groups excluding carboxylic acids is 3. The van der Waals surface area contributed by atoms with Crippen LogP contribution in [0.1, 0.15) is 24.0 Å². The van der Waals surface area contributed by atoms with Crippen molar-refractivity contribution < 1.29 is 19.1 Å². The highest BCUT2D eigenvalue weighted by atomic mass is 35.5. The molecule has 4 rings (SSSR count). The van der Waals surface area contributed by atoms with Crippen LogP contribution in [0.4, 0.5) is 0 Å². The number of likely N-dealkylation sites (N-methyl/N-ethyl adjacent to an activating group) is 1. The van der Waals surface area contributed by atoms with Gasteiger partial charge in [0.25, 0.3) is 11.8 Å². The van der Waals surface area contributed by atoms with E-state index < -0.39 is 24.2 Å². The van der Waals surface area contributed by atoms with Crippen molar-refractivity contribution in [2.75, 3.05) is 27.2 Å². The number of likely N-dealkylation sites (tertiary alicyclic amines) is 1. The molecule has 3 amide bonds. The van der Waals surface area contributed by atoms with Gasteiger partial charge in [-0.25, -0.2) is 0 Å². The average Bonchev–Trinajstić information content (AvgIpc) is 3.67. The molecule has 9 heteroatoms. The maximum absolute atomic E-state index is 12.8. The fraction of sp³-hybridized carbons (Fsp3) is 0.444. The molecule has 0 aromatic heterocycles. The van der Waals surface area contributed by atoms with Crippen LogP contribution in [0.2, 0.25) is 0 Å². The molecule has 2 aliphatic rings. The van der Waals surface area contributed by atoms with E-state index in [0.717, 1.165) is 38.0 Å². The Hall–Kier alpha value is -2.94. The fourth-order valence-corrected chi connectivity index (χ4v) is 4.49. The molecular weight excluding hydrogens is 480 g/mol. The van der Waals surface area contributed by atoms with Gasteiger partial charge in [-0.3, -0.25) is 19.3 Å². The van der Waals surface area contributed by atoms with Crippen LogP contribution in [0.25, 0.3) is 0 Å². The Morgan fingerprint density at radius 1 is 0.917 bits per heavy atom. The van der Waals surface area contributed by atoms with Gasteiger partial charge in [0.15, 0.2) is 12.2 Å². The second-order valence-electron chi connectivity index (χ2n) is 9.51. The van der Waals surface area contributed by atoms with Crippen molar-refractivity contribution in [2.24, 2.45) is 0 Å². The molecule has 8 nitrogen and oxygen atoms in total. The summed E-state index contributed by atoms with van der Waals surface area (Å²) in [5.74, 6) is -0.893.